The third-order valence-electron chi connectivity index (χ3n) is 8.69. The summed E-state index contributed by atoms with van der Waals surface area (Å²) in [7, 11) is 1.62. The second-order valence-corrected chi connectivity index (χ2v) is 14.3. The maximum absolute atomic E-state index is 13.4. The van der Waals surface area contributed by atoms with Crippen LogP contribution in [0.1, 0.15) is 64.0 Å². The number of hydrogen-bond acceptors (Lipinski definition) is 7. The quantitative estimate of drug-likeness (QED) is 0.379. The van der Waals surface area contributed by atoms with Crippen molar-refractivity contribution in [3.8, 4) is 5.75 Å². The minimum atomic E-state index is -1.81. The zero-order valence-corrected chi connectivity index (χ0v) is 29.4. The predicted octanol–water partition coefficient (Wildman–Crippen LogP) is 5.67. The first-order chi connectivity index (χ1) is 21.9. The lowest BCUT2D eigenvalue weighted by atomic mass is 9.91. The highest BCUT2D eigenvalue weighted by atomic mass is 35.5. The van der Waals surface area contributed by atoms with Gasteiger partial charge in [-0.15, -0.1) is 0 Å². The van der Waals surface area contributed by atoms with Crippen LogP contribution in [0.4, 0.5) is 5.69 Å². The maximum atomic E-state index is 13.4. The summed E-state index contributed by atoms with van der Waals surface area (Å²) in [6, 6.07) is 11.5. The van der Waals surface area contributed by atoms with Crippen LogP contribution in [-0.2, 0) is 36.5 Å². The molecule has 0 saturated heterocycles. The fourth-order valence-corrected chi connectivity index (χ4v) is 6.93. The smallest absolute Gasteiger partial charge is 0.263 e. The molecule has 0 fully saturated rings. The second-order valence-electron chi connectivity index (χ2n) is 12.6. The molecule has 2 bridgehead atoms. The molecule has 46 heavy (non-hydrogen) atoms. The number of likely N-dealkylation sites (N-methyl/N-ethyl adjacent to an activating group) is 1. The molecule has 11 heteroatoms. The molecule has 0 spiro atoms. The number of nitrogens with zero attached hydrogens (tertiary/aromatic N) is 2. The van der Waals surface area contributed by atoms with Crippen molar-refractivity contribution in [2.24, 2.45) is 5.92 Å². The predicted molar refractivity (Wildman–Crippen MR) is 183 cm³/mol. The standard InChI is InChI=1S/C35H48ClN3O6S/c1-7-10-25-19-27(36)12-14-29(25)26-21-39-17-16-24(8-2)31(44-23-33(40)38(5)6)11-9-18-45-35(3,4)34(41)37-46(42)28-13-15-32(43-22-26)30(39)20-28/h9,11-15,19-20,24,26,31H,7-8,10,16-18,21-23H2,1-6H3,(H,37,41)/b11-9+. The molecule has 0 aliphatic carbocycles. The molecule has 2 aromatic rings. The average Bonchev–Trinajstić information content (AvgIpc) is 3.20. The first-order valence-corrected chi connectivity index (χ1v) is 17.6. The van der Waals surface area contributed by atoms with Crippen LogP contribution in [0.2, 0.25) is 5.02 Å². The molecule has 2 aliphatic rings. The number of rotatable bonds is 7. The van der Waals surface area contributed by atoms with E-state index in [0.717, 1.165) is 36.4 Å². The summed E-state index contributed by atoms with van der Waals surface area (Å²) in [5, 5.41) is 0.718. The number of aryl methyl sites for hydroxylation is 1. The zero-order chi connectivity index (χ0) is 33.4. The summed E-state index contributed by atoms with van der Waals surface area (Å²) in [6.07, 6.45) is 6.92. The Morgan fingerprint density at radius 3 is 2.70 bits per heavy atom. The third kappa shape index (κ3) is 9.12. The van der Waals surface area contributed by atoms with Crippen LogP contribution in [0.25, 0.3) is 0 Å². The maximum Gasteiger partial charge on any atom is 0.263 e. The number of benzene rings is 2. The topological polar surface area (TPSA) is 97.4 Å². The van der Waals surface area contributed by atoms with Crippen LogP contribution in [0.5, 0.6) is 5.75 Å². The Morgan fingerprint density at radius 1 is 1.20 bits per heavy atom. The fourth-order valence-electron chi connectivity index (χ4n) is 5.79. The van der Waals surface area contributed by atoms with E-state index < -0.39 is 22.5 Å². The molecule has 9 nitrogen and oxygen atoms in total. The molecular weight excluding hydrogens is 626 g/mol. The number of carbonyl (C=O) groups excluding carboxylic acids is 2. The second kappa shape index (κ2) is 16.3. The largest absolute Gasteiger partial charge is 0.491 e. The summed E-state index contributed by atoms with van der Waals surface area (Å²) in [4.78, 5) is 29.9. The van der Waals surface area contributed by atoms with Crippen LogP contribution < -0.4 is 14.4 Å². The molecule has 2 aliphatic heterocycles. The van der Waals surface area contributed by atoms with Crippen molar-refractivity contribution in [3.63, 3.8) is 0 Å². The molecular formula is C35H48ClN3O6S. The van der Waals surface area contributed by atoms with Crippen molar-refractivity contribution in [1.82, 2.24) is 9.62 Å². The van der Waals surface area contributed by atoms with E-state index >= 15 is 0 Å². The number of nitrogens with one attached hydrogen (secondary N) is 1. The van der Waals surface area contributed by atoms with E-state index in [9.17, 15) is 13.8 Å². The van der Waals surface area contributed by atoms with E-state index in [1.54, 1.807) is 34.0 Å². The van der Waals surface area contributed by atoms with Gasteiger partial charge in [0, 0.05) is 38.1 Å². The Balaban J connectivity index is 1.74. The number of anilines is 1. The summed E-state index contributed by atoms with van der Waals surface area (Å²) in [5.41, 5.74) is 2.01. The average molecular weight is 674 g/mol. The lowest BCUT2D eigenvalue weighted by Crippen LogP contribution is -2.45. The van der Waals surface area contributed by atoms with Gasteiger partial charge in [0.25, 0.3) is 5.91 Å². The van der Waals surface area contributed by atoms with E-state index in [-0.39, 0.29) is 37.1 Å². The van der Waals surface area contributed by atoms with Gasteiger partial charge in [0.1, 0.15) is 18.0 Å². The summed E-state index contributed by atoms with van der Waals surface area (Å²) >= 11 is 6.41. The van der Waals surface area contributed by atoms with Crippen molar-refractivity contribution in [2.75, 3.05) is 51.9 Å². The fraction of sp³-hybridized carbons (Fsp3) is 0.543. The van der Waals surface area contributed by atoms with Gasteiger partial charge in [-0.05, 0) is 74.1 Å². The molecule has 2 heterocycles. The van der Waals surface area contributed by atoms with Crippen LogP contribution in [0.3, 0.4) is 0 Å². The Bertz CT molecular complexity index is 1430. The number of hydrogen-bond donors (Lipinski definition) is 1. The van der Waals surface area contributed by atoms with Crippen molar-refractivity contribution in [3.05, 3.63) is 64.7 Å². The third-order valence-corrected chi connectivity index (χ3v) is 9.97. The molecule has 4 atom stereocenters. The molecule has 1 N–H and O–H groups in total. The summed E-state index contributed by atoms with van der Waals surface area (Å²) in [6.45, 7) is 9.50. The van der Waals surface area contributed by atoms with Crippen LogP contribution in [-0.4, -0.2) is 79.6 Å². The zero-order valence-electron chi connectivity index (χ0n) is 27.8. The van der Waals surface area contributed by atoms with Crippen LogP contribution in [0.15, 0.2) is 53.4 Å². The number of carbonyl (C=O) groups is 2. The van der Waals surface area contributed by atoms with Gasteiger partial charge in [-0.2, -0.15) is 0 Å². The van der Waals surface area contributed by atoms with Gasteiger partial charge in [0.15, 0.2) is 11.0 Å². The Morgan fingerprint density at radius 2 is 1.98 bits per heavy atom. The normalized spacial score (nSPS) is 24.3. The van der Waals surface area contributed by atoms with Crippen molar-refractivity contribution < 1.29 is 28.0 Å². The lowest BCUT2D eigenvalue weighted by Gasteiger charge is -2.31. The highest BCUT2D eigenvalue weighted by Crippen LogP contribution is 2.38. The first-order valence-electron chi connectivity index (χ1n) is 16.1. The van der Waals surface area contributed by atoms with Gasteiger partial charge in [-0.25, -0.2) is 4.21 Å². The summed E-state index contributed by atoms with van der Waals surface area (Å²) in [5.74, 6) is 0.245. The van der Waals surface area contributed by atoms with Gasteiger partial charge in [-0.1, -0.05) is 56.5 Å². The highest BCUT2D eigenvalue weighted by molar-refractivity contribution is 7.83. The molecule has 252 valence electrons. The minimum absolute atomic E-state index is 0.0400. The van der Waals surface area contributed by atoms with E-state index in [0.29, 0.717) is 30.3 Å². The first kappa shape index (κ1) is 35.9. The van der Waals surface area contributed by atoms with Crippen LogP contribution >= 0.6 is 11.6 Å². The Hall–Kier alpha value is -2.92. The SMILES string of the molecule is CCCc1cc(Cl)ccc1C1COc2ccc3cc2N(CCC(CC)C(OCC(=O)N(C)C)/C=C/COC(C)(C)C(=O)NS3=O)C1. The van der Waals surface area contributed by atoms with E-state index in [2.05, 4.69) is 35.6 Å². The molecule has 0 saturated carbocycles. The van der Waals surface area contributed by atoms with Gasteiger partial charge in [-0.3, -0.25) is 14.3 Å². The minimum Gasteiger partial charge on any atom is -0.491 e. The van der Waals surface area contributed by atoms with Crippen molar-refractivity contribution >= 4 is 40.1 Å². The van der Waals surface area contributed by atoms with E-state index in [1.165, 1.54) is 16.0 Å². The molecule has 4 unspecified atom stereocenters. The van der Waals surface area contributed by atoms with Crippen molar-refractivity contribution in [2.45, 2.75) is 75.9 Å². The molecule has 4 rings (SSSR count). The van der Waals surface area contributed by atoms with Gasteiger partial charge >= 0.3 is 0 Å². The number of halogens is 1. The summed E-state index contributed by atoms with van der Waals surface area (Å²) < 4.78 is 34.6. The van der Waals surface area contributed by atoms with Gasteiger partial charge < -0.3 is 24.0 Å². The number of fused-ring (bicyclic) bond motifs is 1. The van der Waals surface area contributed by atoms with E-state index in [1.807, 2.05) is 30.4 Å². The molecule has 0 radical (unpaired) electrons. The monoisotopic (exact) mass is 673 g/mol. The molecule has 2 aromatic carbocycles. The van der Waals surface area contributed by atoms with Gasteiger partial charge in [0.2, 0.25) is 5.91 Å². The highest BCUT2D eigenvalue weighted by Gasteiger charge is 2.32. The molecule has 2 amide bonds. The number of amides is 2. The number of ether oxygens (including phenoxy) is 3. The van der Waals surface area contributed by atoms with E-state index in [4.69, 9.17) is 25.8 Å². The molecule has 0 aromatic heterocycles. The Kier molecular flexibility index (Phi) is 12.7. The Labute approximate surface area is 281 Å². The van der Waals surface area contributed by atoms with Crippen molar-refractivity contribution in [1.29, 1.82) is 0 Å². The lowest BCUT2D eigenvalue weighted by molar-refractivity contribution is -0.139. The van der Waals surface area contributed by atoms with Crippen LogP contribution in [0, 0.1) is 5.92 Å². The van der Waals surface area contributed by atoms with Gasteiger partial charge in [0.05, 0.1) is 29.9 Å².